The Kier molecular flexibility index (Phi) is 62.5. The number of carbonyl (C=O) groups is 3. The van der Waals surface area contributed by atoms with E-state index in [2.05, 4.69) is 40.5 Å². The number of hydrogen-bond acceptors (Lipinski definition) is 12. The van der Waals surface area contributed by atoms with Crippen LogP contribution in [-0.2, 0) is 94.0 Å². The van der Waals surface area contributed by atoms with Crippen molar-refractivity contribution in [3.63, 3.8) is 0 Å². The second-order valence-corrected chi connectivity index (χ2v) is 14.7. The molecule has 14 nitrogen and oxygen atoms in total. The van der Waals surface area contributed by atoms with Crippen LogP contribution < -0.4 is 16.8 Å². The first-order valence-corrected chi connectivity index (χ1v) is 22.0. The van der Waals surface area contributed by atoms with Gasteiger partial charge in [-0.3, -0.25) is 19.3 Å². The van der Waals surface area contributed by atoms with Crippen LogP contribution in [0, 0.1) is 5.92 Å². The number of nitrogens with one attached hydrogen (secondary N) is 3. The molecule has 0 heterocycles. The van der Waals surface area contributed by atoms with Crippen molar-refractivity contribution in [2.24, 2.45) is 17.4 Å². The molecule has 0 amide bonds. The zero-order valence-corrected chi connectivity index (χ0v) is 43.7. The Morgan fingerprint density at radius 1 is 0.678 bits per heavy atom. The fraction of sp³-hybridized carbons (Fsp3) is 0.884. The third-order valence-corrected chi connectivity index (χ3v) is 9.41. The third kappa shape index (κ3) is 50.6. The summed E-state index contributed by atoms with van der Waals surface area (Å²) in [6, 6.07) is 0. The fourth-order valence-corrected chi connectivity index (χ4v) is 5.64. The molecule has 16 heteroatoms. The van der Waals surface area contributed by atoms with Crippen LogP contribution in [0.1, 0.15) is 149 Å². The van der Waals surface area contributed by atoms with Gasteiger partial charge in [0.2, 0.25) is 0 Å². The maximum atomic E-state index is 12.6. The molecule has 4 atom stereocenters. The Labute approximate surface area is 410 Å². The van der Waals surface area contributed by atoms with E-state index in [9.17, 15) is 24.6 Å². The predicted octanol–water partition coefficient (Wildman–Crippen LogP) is 6.88. The first kappa shape index (κ1) is 68.1. The number of ether oxygens (including phenoxy) is 3. The number of hydrogen-bond donors (Lipinski definition) is 5. The molecule has 4 unspecified atom stereocenters. The topological polar surface area (TPSA) is 234 Å². The van der Waals surface area contributed by atoms with Gasteiger partial charge in [-0.05, 0) is 109 Å². The number of aliphatic hydroxyl groups is 2. The van der Waals surface area contributed by atoms with Crippen molar-refractivity contribution in [2.45, 2.75) is 167 Å². The Hall–Kier alpha value is 0.0378. The number of nitrogens with zero attached hydrogens (tertiary/aromatic N) is 1. The van der Waals surface area contributed by atoms with E-state index in [-0.39, 0.29) is 102 Å². The van der Waals surface area contributed by atoms with Crippen molar-refractivity contribution < 1.29 is 104 Å². The normalized spacial score (nSPS) is 12.7. The van der Waals surface area contributed by atoms with Crippen molar-refractivity contribution >= 4 is 17.9 Å². The molecule has 0 saturated carbocycles. The van der Waals surface area contributed by atoms with Gasteiger partial charge in [-0.15, -0.1) is 6.54 Å². The summed E-state index contributed by atoms with van der Waals surface area (Å²) in [4.78, 5) is 36.7. The molecule has 9 N–H and O–H groups in total. The summed E-state index contributed by atoms with van der Waals surface area (Å²) < 4.78 is 14.8. The summed E-state index contributed by atoms with van der Waals surface area (Å²) in [5.41, 5.74) is 24.9. The maximum absolute atomic E-state index is 12.6. The molecule has 0 bridgehead atoms. The summed E-state index contributed by atoms with van der Waals surface area (Å²) in [6.07, 6.45) is 19.2. The fourth-order valence-electron chi connectivity index (χ4n) is 5.64. The Morgan fingerprint density at radius 2 is 1.25 bits per heavy atom. The van der Waals surface area contributed by atoms with E-state index in [4.69, 9.17) is 27.7 Å². The van der Waals surface area contributed by atoms with Gasteiger partial charge in [0.1, 0.15) is 6.10 Å². The monoisotopic (exact) mass is 994 g/mol. The number of carbonyl (C=O) groups excluding carboxylic acids is 3. The maximum Gasteiger partial charge on any atom is 0.320 e. The molecule has 0 spiro atoms. The van der Waals surface area contributed by atoms with E-state index >= 15 is 0 Å². The van der Waals surface area contributed by atoms with Crippen molar-refractivity contribution in [3.05, 3.63) is 23.6 Å². The first-order valence-electron chi connectivity index (χ1n) is 22.0. The molecule has 2 radical (unpaired) electrons. The second-order valence-electron chi connectivity index (χ2n) is 14.7. The molecule has 0 fully saturated rings. The molecule has 0 aliphatic carbocycles. The number of esters is 3. The van der Waals surface area contributed by atoms with Crippen LogP contribution in [0.2, 0.25) is 0 Å². The number of rotatable bonds is 36. The van der Waals surface area contributed by atoms with Crippen LogP contribution in [-0.4, -0.2) is 124 Å². The summed E-state index contributed by atoms with van der Waals surface area (Å²) in [5.74, 6) is -0.478. The van der Waals surface area contributed by atoms with Crippen LogP contribution in [0.5, 0.6) is 0 Å². The van der Waals surface area contributed by atoms with E-state index in [1.165, 1.54) is 33.5 Å². The summed E-state index contributed by atoms with van der Waals surface area (Å²) in [7, 11) is 2.74. The quantitative estimate of drug-likeness (QED) is 0.0187. The summed E-state index contributed by atoms with van der Waals surface area (Å²) in [5, 5.41) is 23.7. The minimum Gasteiger partial charge on any atom is -0.677 e. The van der Waals surface area contributed by atoms with Gasteiger partial charge < -0.3 is 52.7 Å². The smallest absolute Gasteiger partial charge is 0.320 e. The van der Waals surface area contributed by atoms with E-state index in [1.807, 2.05) is 6.08 Å². The molecule has 0 saturated heterocycles. The molecule has 0 aromatic rings. The Morgan fingerprint density at radius 3 is 1.83 bits per heavy atom. The van der Waals surface area contributed by atoms with Gasteiger partial charge in [0.25, 0.3) is 0 Å². The van der Waals surface area contributed by atoms with Gasteiger partial charge >= 0.3 is 17.9 Å². The van der Waals surface area contributed by atoms with Crippen LogP contribution in [0.15, 0.2) is 12.2 Å². The van der Waals surface area contributed by atoms with E-state index in [1.54, 1.807) is 6.08 Å². The summed E-state index contributed by atoms with van der Waals surface area (Å²) >= 11 is 0. The Bertz CT molecular complexity index is 922. The zero-order valence-electron chi connectivity index (χ0n) is 38.1. The minimum atomic E-state index is -0.724. The van der Waals surface area contributed by atoms with E-state index < -0.39 is 12.2 Å². The third-order valence-electron chi connectivity index (χ3n) is 9.41. The average Bonchev–Trinajstić information content (AvgIpc) is 3.21. The largest absolute Gasteiger partial charge is 0.677 e. The van der Waals surface area contributed by atoms with Crippen LogP contribution in [0.25, 0.3) is 11.5 Å². The second kappa shape index (κ2) is 54.2. The predicted molar refractivity (Wildman–Crippen MR) is 234 cm³/mol. The standard InChI is InChI=1S/C22H45N3O5.C14H26O3.C7H17N3.2Y/c1-3-4-5-12-20(19(26)11-6-7-13-21(27)29-2)30-22(28)18-25(17-10-15-24)16-9-8-14-23;1-4-5-6-9-12(2)13(15)10-7-8-11-14(16)17-3;8-4-1-2-6-10-7-3-5-9;;/h19-20,26H,3-18,23-24H2,1-2H3;7-8,12-13,15H,4-6,9-11H2,1-3H3;8-10H,1-7H2;;/q;;-2;;/b;8-7+;;;. The first-order chi connectivity index (χ1) is 27.5. The number of aliphatic hydroxyl groups excluding tert-OH is 2. The summed E-state index contributed by atoms with van der Waals surface area (Å²) in [6.45, 7) is 12.3. The minimum absolute atomic E-state index is 0. The SMILES string of the molecule is CCCCCC(C)C(O)C/C=C/CC(=O)OC.CCCCCC(OC(=O)CN(CCCN)CCCCN)C(O)CCCCC(=O)OC.[NH-]CCCCNCCC[NH-].[Y].[Y]. The molecule has 0 aliphatic heterocycles. The molecule has 0 aromatic carbocycles. The van der Waals surface area contributed by atoms with Crippen LogP contribution >= 0.6 is 0 Å². The average molecular weight is 995 g/mol. The van der Waals surface area contributed by atoms with Crippen molar-refractivity contribution in [1.82, 2.24) is 10.2 Å². The number of unbranched alkanes of at least 4 members (excludes halogenated alkanes) is 7. The van der Waals surface area contributed by atoms with Gasteiger partial charge in [-0.25, -0.2) is 0 Å². The van der Waals surface area contributed by atoms with Crippen molar-refractivity contribution in [3.8, 4) is 0 Å². The van der Waals surface area contributed by atoms with Crippen molar-refractivity contribution in [2.75, 3.05) is 73.1 Å². The molecular weight excluding hydrogens is 906 g/mol. The van der Waals surface area contributed by atoms with Gasteiger partial charge in [-0.1, -0.05) is 84.3 Å². The zero-order chi connectivity index (χ0) is 43.4. The van der Waals surface area contributed by atoms with Crippen LogP contribution in [0.4, 0.5) is 0 Å². The van der Waals surface area contributed by atoms with Crippen LogP contribution in [0.3, 0.4) is 0 Å². The van der Waals surface area contributed by atoms with Gasteiger partial charge in [0, 0.05) is 71.8 Å². The van der Waals surface area contributed by atoms with Gasteiger partial charge in [0.15, 0.2) is 0 Å². The molecule has 346 valence electrons. The molecule has 0 rings (SSSR count). The molecule has 59 heavy (non-hydrogen) atoms. The molecule has 0 aromatic heterocycles. The number of nitrogens with two attached hydrogens (primary N) is 2. The van der Waals surface area contributed by atoms with Crippen molar-refractivity contribution in [1.29, 1.82) is 0 Å². The van der Waals surface area contributed by atoms with E-state index in [0.717, 1.165) is 90.4 Å². The number of methoxy groups -OCH3 is 2. The van der Waals surface area contributed by atoms with Gasteiger partial charge in [-0.2, -0.15) is 6.54 Å². The van der Waals surface area contributed by atoms with Gasteiger partial charge in [0.05, 0.1) is 39.4 Å². The molecule has 0 aliphatic rings. The Balaban J connectivity index is -0.000000282. The molecular formula is C43H88N6O8Y2-2. The van der Waals surface area contributed by atoms with E-state index in [0.29, 0.717) is 70.6 Å².